The van der Waals surface area contributed by atoms with Crippen LogP contribution in [0.2, 0.25) is 0 Å². The molecule has 0 aliphatic carbocycles. The van der Waals surface area contributed by atoms with Crippen molar-refractivity contribution in [2.75, 3.05) is 12.8 Å². The Bertz CT molecular complexity index is 812. The summed E-state index contributed by atoms with van der Waals surface area (Å²) >= 11 is 3.06. The molecule has 2 heterocycles. The zero-order chi connectivity index (χ0) is 17.6. The van der Waals surface area contributed by atoms with E-state index < -0.39 is 0 Å². The summed E-state index contributed by atoms with van der Waals surface area (Å²) in [6.07, 6.45) is 0.743. The maximum absolute atomic E-state index is 12.3. The summed E-state index contributed by atoms with van der Waals surface area (Å²) in [5, 5.41) is 9.78. The van der Waals surface area contributed by atoms with E-state index >= 15 is 0 Å². The summed E-state index contributed by atoms with van der Waals surface area (Å²) < 4.78 is 0. The second-order valence-electron chi connectivity index (χ2n) is 5.84. The van der Waals surface area contributed by atoms with Gasteiger partial charge in [-0.05, 0) is 23.9 Å². The maximum atomic E-state index is 12.3. The third-order valence-corrected chi connectivity index (χ3v) is 5.43. The maximum Gasteiger partial charge on any atom is 0.233 e. The van der Waals surface area contributed by atoms with Crippen molar-refractivity contribution in [1.82, 2.24) is 20.1 Å². The molecule has 0 atom stereocenters. The number of thiophene rings is 1. The lowest BCUT2D eigenvalue weighted by atomic mass is 10.1. The second-order valence-corrected chi connectivity index (χ2v) is 7.82. The van der Waals surface area contributed by atoms with Crippen molar-refractivity contribution >= 4 is 29.0 Å². The Balaban J connectivity index is 1.48. The molecule has 7 heteroatoms. The summed E-state index contributed by atoms with van der Waals surface area (Å²) in [6.45, 7) is 2.66. The Morgan fingerprint density at radius 2 is 2.08 bits per heavy atom. The highest BCUT2D eigenvalue weighted by atomic mass is 32.2. The van der Waals surface area contributed by atoms with Gasteiger partial charge in [-0.15, -0.1) is 16.4 Å². The monoisotopic (exact) mass is 372 g/mol. The van der Waals surface area contributed by atoms with Crippen molar-refractivity contribution in [3.63, 3.8) is 0 Å². The molecular formula is C18H20N4OS2. The number of aromatic amines is 1. The molecule has 2 aromatic heterocycles. The van der Waals surface area contributed by atoms with Crippen LogP contribution in [-0.4, -0.2) is 38.8 Å². The number of H-pyrrole nitrogens is 1. The van der Waals surface area contributed by atoms with E-state index in [0.717, 1.165) is 17.8 Å². The van der Waals surface area contributed by atoms with Crippen molar-refractivity contribution in [2.24, 2.45) is 0 Å². The molecule has 0 spiro atoms. The number of hydrogen-bond acceptors (Lipinski definition) is 5. The third kappa shape index (κ3) is 5.17. The molecule has 0 fully saturated rings. The summed E-state index contributed by atoms with van der Waals surface area (Å²) in [5.74, 6) is 1.22. The first-order valence-electron chi connectivity index (χ1n) is 7.96. The van der Waals surface area contributed by atoms with Crippen LogP contribution in [0, 0.1) is 6.92 Å². The summed E-state index contributed by atoms with van der Waals surface area (Å²) in [4.78, 5) is 19.7. The van der Waals surface area contributed by atoms with Gasteiger partial charge in [0.2, 0.25) is 11.1 Å². The molecule has 0 saturated heterocycles. The number of carbonyl (C=O) groups is 1. The predicted octanol–water partition coefficient (Wildman–Crippen LogP) is 3.52. The number of nitrogens with zero attached hydrogens (tertiary/aromatic N) is 3. The van der Waals surface area contributed by atoms with E-state index in [1.165, 1.54) is 22.2 Å². The van der Waals surface area contributed by atoms with Crippen LogP contribution in [0.1, 0.15) is 21.8 Å². The van der Waals surface area contributed by atoms with Crippen molar-refractivity contribution < 1.29 is 4.79 Å². The molecule has 0 aliphatic heterocycles. The number of benzene rings is 1. The van der Waals surface area contributed by atoms with Gasteiger partial charge < -0.3 is 4.90 Å². The number of amides is 1. The van der Waals surface area contributed by atoms with Gasteiger partial charge in [0.05, 0.1) is 5.75 Å². The molecule has 0 bridgehead atoms. The molecule has 130 valence electrons. The lowest BCUT2D eigenvalue weighted by Gasteiger charge is -2.16. The van der Waals surface area contributed by atoms with E-state index in [1.807, 2.05) is 18.5 Å². The zero-order valence-electron chi connectivity index (χ0n) is 14.2. The molecule has 0 aliphatic rings. The molecule has 3 rings (SSSR count). The molecule has 0 radical (unpaired) electrons. The van der Waals surface area contributed by atoms with Crippen LogP contribution in [0.4, 0.5) is 0 Å². The van der Waals surface area contributed by atoms with Gasteiger partial charge in [0.1, 0.15) is 5.82 Å². The van der Waals surface area contributed by atoms with Crippen LogP contribution in [0.3, 0.4) is 0 Å². The molecule has 0 unspecified atom stereocenters. The Morgan fingerprint density at radius 3 is 2.80 bits per heavy atom. The molecule has 3 aromatic rings. The van der Waals surface area contributed by atoms with Crippen LogP contribution >= 0.6 is 23.1 Å². The number of thioether (sulfide) groups is 1. The van der Waals surface area contributed by atoms with E-state index in [0.29, 0.717) is 17.5 Å². The smallest absolute Gasteiger partial charge is 0.233 e. The molecule has 25 heavy (non-hydrogen) atoms. The van der Waals surface area contributed by atoms with Gasteiger partial charge >= 0.3 is 0 Å². The Morgan fingerprint density at radius 1 is 1.28 bits per heavy atom. The lowest BCUT2D eigenvalue weighted by molar-refractivity contribution is -0.127. The van der Waals surface area contributed by atoms with Crippen molar-refractivity contribution in [3.05, 3.63) is 63.6 Å². The largest absolute Gasteiger partial charge is 0.341 e. The Hall–Kier alpha value is -2.12. The molecule has 1 aromatic carbocycles. The van der Waals surface area contributed by atoms with Crippen LogP contribution in [0.15, 0.2) is 46.9 Å². The molecule has 1 amide bonds. The first-order chi connectivity index (χ1) is 12.1. The molecule has 1 N–H and O–H groups in total. The second kappa shape index (κ2) is 8.31. The Labute approximate surface area is 155 Å². The average Bonchev–Trinajstić information content (AvgIpc) is 3.27. The van der Waals surface area contributed by atoms with Crippen LogP contribution in [-0.2, 0) is 17.8 Å². The van der Waals surface area contributed by atoms with Gasteiger partial charge in [0.15, 0.2) is 0 Å². The lowest BCUT2D eigenvalue weighted by Crippen LogP contribution is -2.27. The Kier molecular flexibility index (Phi) is 5.88. The number of hydrogen-bond donors (Lipinski definition) is 1. The minimum Gasteiger partial charge on any atom is -0.341 e. The van der Waals surface area contributed by atoms with Gasteiger partial charge in [-0.1, -0.05) is 47.7 Å². The molecular weight excluding hydrogens is 352 g/mol. The van der Waals surface area contributed by atoms with Crippen molar-refractivity contribution in [2.45, 2.75) is 25.0 Å². The fourth-order valence-electron chi connectivity index (χ4n) is 2.29. The van der Waals surface area contributed by atoms with Gasteiger partial charge in [0.25, 0.3) is 0 Å². The van der Waals surface area contributed by atoms with Crippen LogP contribution < -0.4 is 0 Å². The molecule has 0 saturated carbocycles. The normalized spacial score (nSPS) is 10.8. The van der Waals surface area contributed by atoms with E-state index in [9.17, 15) is 4.79 Å². The summed E-state index contributed by atoms with van der Waals surface area (Å²) in [6, 6.07) is 12.3. The first kappa shape index (κ1) is 17.7. The fourth-order valence-corrected chi connectivity index (χ4v) is 3.76. The van der Waals surface area contributed by atoms with E-state index in [1.54, 1.807) is 16.2 Å². The minimum atomic E-state index is 0.0650. The van der Waals surface area contributed by atoms with Gasteiger partial charge in [-0.25, -0.2) is 4.98 Å². The van der Waals surface area contributed by atoms with E-state index in [2.05, 4.69) is 52.4 Å². The topological polar surface area (TPSA) is 61.9 Å². The van der Waals surface area contributed by atoms with Gasteiger partial charge in [-0.3, -0.25) is 9.89 Å². The number of aryl methyl sites for hydroxylation is 1. The number of rotatable bonds is 7. The number of aromatic nitrogens is 3. The molecule has 5 nitrogen and oxygen atoms in total. The van der Waals surface area contributed by atoms with E-state index in [4.69, 9.17) is 0 Å². The fraction of sp³-hybridized carbons (Fsp3) is 0.278. The highest BCUT2D eigenvalue weighted by molar-refractivity contribution is 7.99. The van der Waals surface area contributed by atoms with E-state index in [-0.39, 0.29) is 5.91 Å². The van der Waals surface area contributed by atoms with Crippen LogP contribution in [0.25, 0.3) is 0 Å². The highest BCUT2D eigenvalue weighted by Gasteiger charge is 2.12. The average molecular weight is 373 g/mol. The van der Waals surface area contributed by atoms with Crippen LogP contribution in [0.5, 0.6) is 0 Å². The number of nitrogens with one attached hydrogen (secondary N) is 1. The zero-order valence-corrected chi connectivity index (χ0v) is 15.9. The predicted molar refractivity (Wildman–Crippen MR) is 102 cm³/mol. The quantitative estimate of drug-likeness (QED) is 0.645. The standard InChI is InChI=1S/C18H20N4OS2/c1-13-5-7-14(8-6-13)11-22(2)17(23)12-25-18-19-16(20-21-18)10-15-4-3-9-24-15/h3-9H,10-12H2,1-2H3,(H,19,20,21). The number of carbonyl (C=O) groups excluding carboxylic acids is 1. The summed E-state index contributed by atoms with van der Waals surface area (Å²) in [5.41, 5.74) is 2.35. The SMILES string of the molecule is Cc1ccc(CN(C)C(=O)CSc2n[nH]c(Cc3cccs3)n2)cc1. The van der Waals surface area contributed by atoms with Gasteiger partial charge in [0, 0.05) is 24.9 Å². The van der Waals surface area contributed by atoms with Crippen molar-refractivity contribution in [3.8, 4) is 0 Å². The third-order valence-electron chi connectivity index (χ3n) is 3.72. The minimum absolute atomic E-state index is 0.0650. The summed E-state index contributed by atoms with van der Waals surface area (Å²) in [7, 11) is 1.82. The highest BCUT2D eigenvalue weighted by Crippen LogP contribution is 2.17. The van der Waals surface area contributed by atoms with Crippen molar-refractivity contribution in [1.29, 1.82) is 0 Å². The first-order valence-corrected chi connectivity index (χ1v) is 9.82. The van der Waals surface area contributed by atoms with Gasteiger partial charge in [-0.2, -0.15) is 0 Å².